The molecule has 48 valence electrons. The highest BCUT2D eigenvalue weighted by molar-refractivity contribution is 8.11. The van der Waals surface area contributed by atoms with E-state index in [1.807, 2.05) is 0 Å². The Hall–Kier alpha value is -0.620. The fourth-order valence-corrected chi connectivity index (χ4v) is 0.570. The van der Waals surface area contributed by atoms with Gasteiger partial charge in [0.15, 0.2) is 0 Å². The van der Waals surface area contributed by atoms with Crippen LogP contribution < -0.4 is 5.32 Å². The molecule has 2 N–H and O–H groups in total. The predicted molar refractivity (Wildman–Crippen MR) is 41.6 cm³/mol. The van der Waals surface area contributed by atoms with Crippen LogP contribution in [0.4, 0.5) is 5.95 Å². The molecule has 0 aromatic carbocycles. The van der Waals surface area contributed by atoms with Crippen molar-refractivity contribution in [1.29, 1.82) is 0 Å². The van der Waals surface area contributed by atoms with Gasteiger partial charge in [-0.25, -0.2) is 5.10 Å². The second-order valence-electron chi connectivity index (χ2n) is 1.26. The summed E-state index contributed by atoms with van der Waals surface area (Å²) in [6.45, 7) is 0. The molecule has 0 aliphatic carbocycles. The standard InChI is InChI=1S/C3H4N4S2/c8-3(9)6-2-4-1-5-7-2/h1H,(H3,4,5,6,7,8,9). The van der Waals surface area contributed by atoms with E-state index in [0.29, 0.717) is 10.3 Å². The van der Waals surface area contributed by atoms with Gasteiger partial charge in [-0.15, -0.1) is 12.6 Å². The molecule has 1 rings (SSSR count). The zero-order valence-corrected chi connectivity index (χ0v) is 6.04. The summed E-state index contributed by atoms with van der Waals surface area (Å²) in [6.07, 6.45) is 1.38. The van der Waals surface area contributed by atoms with E-state index in [1.165, 1.54) is 6.33 Å². The van der Waals surface area contributed by atoms with Crippen LogP contribution in [-0.4, -0.2) is 19.5 Å². The monoisotopic (exact) mass is 160 g/mol. The molecule has 1 aromatic rings. The predicted octanol–water partition coefficient (Wildman–Crippen LogP) is 0.431. The Bertz CT molecular complexity index is 194. The summed E-state index contributed by atoms with van der Waals surface area (Å²) >= 11 is 8.43. The van der Waals surface area contributed by atoms with E-state index >= 15 is 0 Å². The molecule has 0 aliphatic rings. The molecule has 0 atom stereocenters. The fraction of sp³-hybridized carbons (Fsp3) is 0. The first-order valence-electron chi connectivity index (χ1n) is 2.14. The molecule has 0 bridgehead atoms. The molecule has 0 aliphatic heterocycles. The van der Waals surface area contributed by atoms with E-state index in [0.717, 1.165) is 0 Å². The van der Waals surface area contributed by atoms with Crippen LogP contribution >= 0.6 is 24.8 Å². The third-order valence-electron chi connectivity index (χ3n) is 0.640. The van der Waals surface area contributed by atoms with E-state index in [1.54, 1.807) is 0 Å². The summed E-state index contributed by atoms with van der Waals surface area (Å²) in [7, 11) is 0. The van der Waals surface area contributed by atoms with Gasteiger partial charge in [-0.3, -0.25) is 0 Å². The first-order chi connectivity index (χ1) is 4.29. The molecule has 6 heteroatoms. The normalized spacial score (nSPS) is 9.00. The van der Waals surface area contributed by atoms with Crippen molar-refractivity contribution in [1.82, 2.24) is 15.2 Å². The van der Waals surface area contributed by atoms with Gasteiger partial charge in [0.05, 0.1) is 0 Å². The highest BCUT2D eigenvalue weighted by Gasteiger charge is 1.91. The average Bonchev–Trinajstić information content (AvgIpc) is 2.15. The fourth-order valence-electron chi connectivity index (χ4n) is 0.367. The molecule has 9 heavy (non-hydrogen) atoms. The van der Waals surface area contributed by atoms with Gasteiger partial charge in [-0.2, -0.15) is 10.1 Å². The maximum absolute atomic E-state index is 4.61. The summed E-state index contributed by atoms with van der Waals surface area (Å²) in [5.74, 6) is 0.509. The van der Waals surface area contributed by atoms with Crippen molar-refractivity contribution >= 4 is 35.1 Å². The molecule has 0 fully saturated rings. The summed E-state index contributed by atoms with van der Waals surface area (Å²) in [4.78, 5) is 3.74. The van der Waals surface area contributed by atoms with Gasteiger partial charge >= 0.3 is 0 Å². The van der Waals surface area contributed by atoms with Crippen LogP contribution in [0, 0.1) is 0 Å². The molecule has 0 unspecified atom stereocenters. The zero-order chi connectivity index (χ0) is 6.69. The molecule has 0 radical (unpaired) electrons. The minimum absolute atomic E-state index is 0.367. The lowest BCUT2D eigenvalue weighted by Crippen LogP contribution is -2.01. The van der Waals surface area contributed by atoms with Gasteiger partial charge in [0.25, 0.3) is 0 Å². The summed E-state index contributed by atoms with van der Waals surface area (Å²) in [6, 6.07) is 0. The topological polar surface area (TPSA) is 53.6 Å². The minimum Gasteiger partial charge on any atom is -0.310 e. The van der Waals surface area contributed by atoms with E-state index in [9.17, 15) is 0 Å². The second-order valence-corrected chi connectivity index (χ2v) is 2.42. The van der Waals surface area contributed by atoms with Gasteiger partial charge in [0.1, 0.15) is 10.6 Å². The first kappa shape index (κ1) is 6.50. The van der Waals surface area contributed by atoms with Crippen LogP contribution in [0.2, 0.25) is 0 Å². The van der Waals surface area contributed by atoms with Crippen LogP contribution in [0.5, 0.6) is 0 Å². The summed E-state index contributed by atoms with van der Waals surface area (Å²) < 4.78 is 0.367. The smallest absolute Gasteiger partial charge is 0.223 e. The number of hydrogen-bond donors (Lipinski definition) is 3. The van der Waals surface area contributed by atoms with Crippen molar-refractivity contribution in [3.05, 3.63) is 6.33 Å². The maximum atomic E-state index is 4.61. The van der Waals surface area contributed by atoms with Crippen LogP contribution in [0.15, 0.2) is 6.33 Å². The molecule has 1 aromatic heterocycles. The number of aromatic amines is 1. The van der Waals surface area contributed by atoms with Crippen molar-refractivity contribution in [3.63, 3.8) is 0 Å². The van der Waals surface area contributed by atoms with Gasteiger partial charge < -0.3 is 5.32 Å². The number of rotatable bonds is 1. The van der Waals surface area contributed by atoms with Crippen LogP contribution in [0.1, 0.15) is 0 Å². The van der Waals surface area contributed by atoms with Gasteiger partial charge in [0, 0.05) is 0 Å². The number of anilines is 1. The molecule has 0 spiro atoms. The molecular weight excluding hydrogens is 156 g/mol. The number of hydrogen-bond acceptors (Lipinski definition) is 3. The summed E-state index contributed by atoms with van der Waals surface area (Å²) in [5.41, 5.74) is 0. The zero-order valence-electron chi connectivity index (χ0n) is 4.33. The Morgan fingerprint density at radius 2 is 2.67 bits per heavy atom. The lowest BCUT2D eigenvalue weighted by molar-refractivity contribution is 1.10. The molecule has 1 heterocycles. The quantitative estimate of drug-likeness (QED) is 0.412. The molecule has 0 saturated heterocycles. The Labute approximate surface area is 62.5 Å². The number of nitrogens with one attached hydrogen (secondary N) is 2. The second kappa shape index (κ2) is 2.79. The van der Waals surface area contributed by atoms with Crippen molar-refractivity contribution in [3.8, 4) is 0 Å². The Morgan fingerprint density at radius 3 is 3.11 bits per heavy atom. The SMILES string of the molecule is S=C(S)Nc1ncn[nH]1. The number of thiocarbonyl (C=S) groups is 1. The van der Waals surface area contributed by atoms with Gasteiger partial charge in [-0.1, -0.05) is 12.2 Å². The lowest BCUT2D eigenvalue weighted by atomic mass is 11.0. The van der Waals surface area contributed by atoms with Crippen LogP contribution in [0.3, 0.4) is 0 Å². The summed E-state index contributed by atoms with van der Waals surface area (Å²) in [5, 5.41) is 8.79. The largest absolute Gasteiger partial charge is 0.310 e. The van der Waals surface area contributed by atoms with Gasteiger partial charge in [-0.05, 0) is 0 Å². The van der Waals surface area contributed by atoms with E-state index in [-0.39, 0.29) is 0 Å². The van der Waals surface area contributed by atoms with Gasteiger partial charge in [0.2, 0.25) is 5.95 Å². The average molecular weight is 160 g/mol. The maximum Gasteiger partial charge on any atom is 0.223 e. The van der Waals surface area contributed by atoms with E-state index < -0.39 is 0 Å². The van der Waals surface area contributed by atoms with Crippen molar-refractivity contribution < 1.29 is 0 Å². The number of H-pyrrole nitrogens is 1. The minimum atomic E-state index is 0.367. The molecular formula is C3H4N4S2. The van der Waals surface area contributed by atoms with Crippen LogP contribution in [-0.2, 0) is 0 Å². The Morgan fingerprint density at radius 1 is 1.89 bits per heavy atom. The third kappa shape index (κ3) is 1.98. The van der Waals surface area contributed by atoms with E-state index in [4.69, 9.17) is 0 Å². The van der Waals surface area contributed by atoms with Crippen molar-refractivity contribution in [2.75, 3.05) is 5.32 Å². The highest BCUT2D eigenvalue weighted by atomic mass is 32.1. The molecule has 4 nitrogen and oxygen atoms in total. The third-order valence-corrected chi connectivity index (χ3v) is 0.854. The number of aromatic nitrogens is 3. The highest BCUT2D eigenvalue weighted by Crippen LogP contribution is 1.93. The Kier molecular flexibility index (Phi) is 2.01. The van der Waals surface area contributed by atoms with Crippen molar-refractivity contribution in [2.45, 2.75) is 0 Å². The molecule has 0 saturated carbocycles. The first-order valence-corrected chi connectivity index (χ1v) is 3.00. The van der Waals surface area contributed by atoms with Crippen molar-refractivity contribution in [2.24, 2.45) is 0 Å². The lowest BCUT2D eigenvalue weighted by Gasteiger charge is -1.92. The van der Waals surface area contributed by atoms with Crippen LogP contribution in [0.25, 0.3) is 0 Å². The molecule has 0 amide bonds. The van der Waals surface area contributed by atoms with E-state index in [2.05, 4.69) is 45.3 Å². The number of nitrogens with zero attached hydrogens (tertiary/aromatic N) is 2. The number of thiol groups is 1. The Balaban J connectivity index is 2.58.